The second kappa shape index (κ2) is 9.06. The minimum Gasteiger partial charge on any atom is -0.449 e. The zero-order valence-corrected chi connectivity index (χ0v) is 15.3. The highest BCUT2D eigenvalue weighted by Gasteiger charge is 2.24. The van der Waals surface area contributed by atoms with Crippen molar-refractivity contribution in [1.82, 2.24) is 10.6 Å². The molecule has 1 aromatic rings. The van der Waals surface area contributed by atoms with E-state index in [9.17, 15) is 14.4 Å². The Kier molecular flexibility index (Phi) is 7.08. The van der Waals surface area contributed by atoms with Gasteiger partial charge >= 0.3 is 12.0 Å². The van der Waals surface area contributed by atoms with Crippen LogP contribution < -0.4 is 10.6 Å². The average molecular weight is 387 g/mol. The fourth-order valence-corrected chi connectivity index (χ4v) is 3.20. The maximum absolute atomic E-state index is 12.1. The van der Waals surface area contributed by atoms with Crippen LogP contribution in [0.3, 0.4) is 0 Å². The molecule has 0 unspecified atom stereocenters. The lowest BCUT2D eigenvalue weighted by atomic mass is 9.96. The first-order valence-corrected chi connectivity index (χ1v) is 8.90. The van der Waals surface area contributed by atoms with Gasteiger partial charge in [-0.25, -0.2) is 9.59 Å². The third-order valence-corrected chi connectivity index (χ3v) is 4.63. The van der Waals surface area contributed by atoms with Gasteiger partial charge in [0.25, 0.3) is 5.91 Å². The summed E-state index contributed by atoms with van der Waals surface area (Å²) in [7, 11) is 0. The van der Waals surface area contributed by atoms with E-state index in [1.165, 1.54) is 19.1 Å². The van der Waals surface area contributed by atoms with Crippen molar-refractivity contribution < 1.29 is 19.1 Å². The lowest BCUT2D eigenvalue weighted by molar-refractivity contribution is -0.127. The third-order valence-electron chi connectivity index (χ3n) is 4.00. The van der Waals surface area contributed by atoms with Crippen LogP contribution in [0, 0.1) is 0 Å². The lowest BCUT2D eigenvalue weighted by Gasteiger charge is -2.23. The molecule has 1 saturated carbocycles. The standard InChI is InChI=1S/C17H20Cl2N2O4/c1-10(25-16(23)14-12(18)8-5-9-13(14)19)15(22)21-17(24)20-11-6-3-2-4-7-11/h5,8-11H,2-4,6-7H2,1H3,(H2,20,21,22,24)/t10-/m0/s1. The van der Waals surface area contributed by atoms with Gasteiger partial charge in [0.1, 0.15) is 0 Å². The highest BCUT2D eigenvalue weighted by atomic mass is 35.5. The fraction of sp³-hybridized carbons (Fsp3) is 0.471. The molecule has 1 fully saturated rings. The number of carbonyl (C=O) groups excluding carboxylic acids is 3. The lowest BCUT2D eigenvalue weighted by Crippen LogP contribution is -2.48. The second-order valence-corrected chi connectivity index (χ2v) is 6.76. The van der Waals surface area contributed by atoms with Crippen LogP contribution >= 0.6 is 23.2 Å². The van der Waals surface area contributed by atoms with E-state index in [1.54, 1.807) is 6.07 Å². The van der Waals surface area contributed by atoms with Crippen LogP contribution in [0.4, 0.5) is 4.79 Å². The van der Waals surface area contributed by atoms with Crippen LogP contribution in [0.5, 0.6) is 0 Å². The summed E-state index contributed by atoms with van der Waals surface area (Å²) in [6, 6.07) is 4.06. The van der Waals surface area contributed by atoms with Gasteiger partial charge in [-0.05, 0) is 31.9 Å². The molecule has 0 aromatic heterocycles. The van der Waals surface area contributed by atoms with E-state index >= 15 is 0 Å². The van der Waals surface area contributed by atoms with Gasteiger partial charge in [-0.2, -0.15) is 0 Å². The van der Waals surface area contributed by atoms with Crippen LogP contribution in [0.25, 0.3) is 0 Å². The minimum atomic E-state index is -1.17. The summed E-state index contributed by atoms with van der Waals surface area (Å²) >= 11 is 11.9. The number of urea groups is 1. The number of ether oxygens (including phenoxy) is 1. The topological polar surface area (TPSA) is 84.5 Å². The van der Waals surface area contributed by atoms with Gasteiger partial charge in [0.2, 0.25) is 0 Å². The van der Waals surface area contributed by atoms with E-state index in [1.807, 2.05) is 0 Å². The molecule has 1 aliphatic carbocycles. The zero-order chi connectivity index (χ0) is 18.4. The van der Waals surface area contributed by atoms with Crippen molar-refractivity contribution in [3.8, 4) is 0 Å². The molecule has 25 heavy (non-hydrogen) atoms. The number of hydrogen-bond acceptors (Lipinski definition) is 4. The first kappa shape index (κ1) is 19.5. The number of nitrogens with one attached hydrogen (secondary N) is 2. The van der Waals surface area contributed by atoms with Crippen molar-refractivity contribution in [2.75, 3.05) is 0 Å². The van der Waals surface area contributed by atoms with Crippen molar-refractivity contribution in [2.45, 2.75) is 51.2 Å². The van der Waals surface area contributed by atoms with Crippen molar-refractivity contribution in [1.29, 1.82) is 0 Å². The molecule has 2 rings (SSSR count). The highest BCUT2D eigenvalue weighted by molar-refractivity contribution is 6.39. The molecular weight excluding hydrogens is 367 g/mol. The molecule has 1 aromatic carbocycles. The summed E-state index contributed by atoms with van der Waals surface area (Å²) in [6.45, 7) is 1.37. The van der Waals surface area contributed by atoms with Gasteiger partial charge in [-0.15, -0.1) is 0 Å². The van der Waals surface area contributed by atoms with Gasteiger partial charge in [-0.3, -0.25) is 10.1 Å². The molecule has 0 heterocycles. The van der Waals surface area contributed by atoms with Gasteiger partial charge in [0.05, 0.1) is 15.6 Å². The van der Waals surface area contributed by atoms with Crippen molar-refractivity contribution >= 4 is 41.1 Å². The molecule has 2 N–H and O–H groups in total. The van der Waals surface area contributed by atoms with Crippen molar-refractivity contribution in [3.05, 3.63) is 33.8 Å². The number of rotatable bonds is 4. The zero-order valence-electron chi connectivity index (χ0n) is 13.8. The molecule has 3 amide bonds. The van der Waals surface area contributed by atoms with E-state index in [0.29, 0.717) is 0 Å². The predicted molar refractivity (Wildman–Crippen MR) is 94.9 cm³/mol. The number of esters is 1. The molecule has 1 atom stereocenters. The minimum absolute atomic E-state index is 0.0165. The largest absolute Gasteiger partial charge is 0.449 e. The summed E-state index contributed by atoms with van der Waals surface area (Å²) in [5.41, 5.74) is -0.0165. The molecular formula is C17H20Cl2N2O4. The molecule has 0 radical (unpaired) electrons. The number of halogens is 2. The summed E-state index contributed by atoms with van der Waals surface area (Å²) in [6.07, 6.45) is 3.92. The van der Waals surface area contributed by atoms with E-state index in [2.05, 4.69) is 10.6 Å². The Labute approximate surface area is 156 Å². The van der Waals surface area contributed by atoms with E-state index in [0.717, 1.165) is 32.1 Å². The Morgan fingerprint density at radius 2 is 1.72 bits per heavy atom. The predicted octanol–water partition coefficient (Wildman–Crippen LogP) is 3.70. The summed E-state index contributed by atoms with van der Waals surface area (Å²) < 4.78 is 5.05. The Morgan fingerprint density at radius 3 is 2.32 bits per heavy atom. The molecule has 0 saturated heterocycles. The molecule has 0 aliphatic heterocycles. The Balaban J connectivity index is 1.87. The summed E-state index contributed by atoms with van der Waals surface area (Å²) in [5, 5.41) is 5.19. The SMILES string of the molecule is C[C@H](OC(=O)c1c(Cl)cccc1Cl)C(=O)NC(=O)NC1CCCCC1. The highest BCUT2D eigenvalue weighted by Crippen LogP contribution is 2.25. The van der Waals surface area contributed by atoms with Gasteiger partial charge in [-0.1, -0.05) is 48.5 Å². The van der Waals surface area contributed by atoms with Crippen LogP contribution in [0.15, 0.2) is 18.2 Å². The number of carbonyl (C=O) groups is 3. The Bertz CT molecular complexity index is 640. The number of benzene rings is 1. The van der Waals surface area contributed by atoms with Crippen LogP contribution in [0.1, 0.15) is 49.4 Å². The number of amides is 3. The van der Waals surface area contributed by atoms with Crippen LogP contribution in [0.2, 0.25) is 10.0 Å². The number of imide groups is 1. The first-order valence-electron chi connectivity index (χ1n) is 8.15. The summed E-state index contributed by atoms with van der Waals surface area (Å²) in [5.74, 6) is -1.55. The first-order chi connectivity index (χ1) is 11.9. The number of hydrogen-bond donors (Lipinski definition) is 2. The van der Waals surface area contributed by atoms with Crippen molar-refractivity contribution in [2.24, 2.45) is 0 Å². The van der Waals surface area contributed by atoms with Gasteiger partial charge in [0.15, 0.2) is 6.10 Å². The molecule has 8 heteroatoms. The summed E-state index contributed by atoms with van der Waals surface area (Å²) in [4.78, 5) is 36.0. The van der Waals surface area contributed by atoms with Crippen molar-refractivity contribution in [3.63, 3.8) is 0 Å². The molecule has 0 spiro atoms. The molecule has 1 aliphatic rings. The van der Waals surface area contributed by atoms with Gasteiger partial charge < -0.3 is 10.1 Å². The monoisotopic (exact) mass is 386 g/mol. The van der Waals surface area contributed by atoms with Crippen LogP contribution in [-0.2, 0) is 9.53 Å². The molecule has 6 nitrogen and oxygen atoms in total. The maximum Gasteiger partial charge on any atom is 0.341 e. The second-order valence-electron chi connectivity index (χ2n) is 5.94. The van der Waals surface area contributed by atoms with Gasteiger partial charge in [0, 0.05) is 6.04 Å². The average Bonchev–Trinajstić information content (AvgIpc) is 2.55. The Morgan fingerprint density at radius 1 is 1.12 bits per heavy atom. The quantitative estimate of drug-likeness (QED) is 0.772. The normalized spacial score (nSPS) is 16.0. The maximum atomic E-state index is 12.1. The molecule has 0 bridgehead atoms. The van der Waals surface area contributed by atoms with E-state index < -0.39 is 24.0 Å². The van der Waals surface area contributed by atoms with E-state index in [4.69, 9.17) is 27.9 Å². The van der Waals surface area contributed by atoms with Crippen LogP contribution in [-0.4, -0.2) is 30.1 Å². The smallest absolute Gasteiger partial charge is 0.341 e. The Hall–Kier alpha value is -1.79. The molecule has 136 valence electrons. The third kappa shape index (κ3) is 5.61. The van der Waals surface area contributed by atoms with E-state index in [-0.39, 0.29) is 21.7 Å². The fourth-order valence-electron chi connectivity index (χ4n) is 2.65.